The number of amides is 2. The van der Waals surface area contributed by atoms with E-state index in [9.17, 15) is 9.59 Å². The van der Waals surface area contributed by atoms with Gasteiger partial charge in [-0.15, -0.1) is 0 Å². The first kappa shape index (κ1) is 17.1. The second kappa shape index (κ2) is 7.51. The number of ether oxygens (including phenoxy) is 1. The van der Waals surface area contributed by atoms with Gasteiger partial charge in [-0.1, -0.05) is 6.07 Å². The molecule has 0 spiro atoms. The second-order valence-electron chi connectivity index (χ2n) is 6.56. The van der Waals surface area contributed by atoms with E-state index in [0.29, 0.717) is 28.5 Å². The first-order valence-electron chi connectivity index (χ1n) is 8.84. The first-order valence-corrected chi connectivity index (χ1v) is 9.61. The lowest BCUT2D eigenvalue weighted by atomic mass is 10.2. The van der Waals surface area contributed by atoms with Crippen molar-refractivity contribution in [2.45, 2.75) is 31.8 Å². The molecule has 0 radical (unpaired) electrons. The molecule has 8 heteroatoms. The van der Waals surface area contributed by atoms with Gasteiger partial charge in [-0.25, -0.2) is 0 Å². The Kier molecular flexibility index (Phi) is 4.94. The van der Waals surface area contributed by atoms with Gasteiger partial charge in [0.2, 0.25) is 5.91 Å². The Balaban J connectivity index is 1.57. The van der Waals surface area contributed by atoms with Crippen molar-refractivity contribution in [3.05, 3.63) is 29.3 Å². The third-order valence-electron chi connectivity index (χ3n) is 4.52. The molecule has 2 fully saturated rings. The maximum atomic E-state index is 12.7. The lowest BCUT2D eigenvalue weighted by Crippen LogP contribution is -2.32. The fourth-order valence-electron chi connectivity index (χ4n) is 2.90. The molecule has 1 aliphatic carbocycles. The van der Waals surface area contributed by atoms with E-state index in [0.717, 1.165) is 43.8 Å². The number of nitrogens with one attached hydrogen (secondary N) is 2. The molecule has 0 bridgehead atoms. The monoisotopic (exact) mass is 372 g/mol. The number of aromatic nitrogens is 2. The highest BCUT2D eigenvalue weighted by Crippen LogP contribution is 2.35. The van der Waals surface area contributed by atoms with Gasteiger partial charge in [0, 0.05) is 25.3 Å². The molecule has 3 heterocycles. The summed E-state index contributed by atoms with van der Waals surface area (Å²) in [6.07, 6.45) is 5.48. The van der Waals surface area contributed by atoms with Crippen LogP contribution < -0.4 is 10.6 Å². The van der Waals surface area contributed by atoms with Crippen LogP contribution in [-0.4, -0.2) is 40.4 Å². The summed E-state index contributed by atoms with van der Waals surface area (Å²) in [5.74, 6) is -0.267. The zero-order valence-corrected chi connectivity index (χ0v) is 15.1. The number of carbonyl (C=O) groups is 2. The van der Waals surface area contributed by atoms with Gasteiger partial charge in [0.05, 0.1) is 17.5 Å². The van der Waals surface area contributed by atoms with E-state index < -0.39 is 0 Å². The molecule has 7 nitrogen and oxygen atoms in total. The summed E-state index contributed by atoms with van der Waals surface area (Å²) >= 11 is 1.08. The largest absolute Gasteiger partial charge is 0.376 e. The van der Waals surface area contributed by atoms with Crippen molar-refractivity contribution in [3.8, 4) is 11.4 Å². The van der Waals surface area contributed by atoms with Crippen molar-refractivity contribution >= 4 is 29.0 Å². The van der Waals surface area contributed by atoms with Crippen LogP contribution >= 0.6 is 11.5 Å². The van der Waals surface area contributed by atoms with Gasteiger partial charge in [-0.2, -0.15) is 4.37 Å². The van der Waals surface area contributed by atoms with Crippen LogP contribution in [0.25, 0.3) is 11.4 Å². The van der Waals surface area contributed by atoms with Gasteiger partial charge >= 0.3 is 0 Å². The van der Waals surface area contributed by atoms with E-state index in [2.05, 4.69) is 20.0 Å². The highest BCUT2D eigenvalue weighted by molar-refractivity contribution is 7.09. The third-order valence-corrected chi connectivity index (χ3v) is 5.36. The Morgan fingerprint density at radius 1 is 1.27 bits per heavy atom. The third kappa shape index (κ3) is 3.76. The minimum absolute atomic E-state index is 0.0364. The molecule has 0 aromatic carbocycles. The Morgan fingerprint density at radius 2 is 2.15 bits per heavy atom. The molecule has 4 rings (SSSR count). The fourth-order valence-corrected chi connectivity index (χ4v) is 3.66. The van der Waals surface area contributed by atoms with Crippen LogP contribution in [0.15, 0.2) is 24.4 Å². The molecule has 26 heavy (non-hydrogen) atoms. The average Bonchev–Trinajstić information content (AvgIpc) is 3.23. The summed E-state index contributed by atoms with van der Waals surface area (Å²) in [5, 5.41) is 5.80. The van der Waals surface area contributed by atoms with E-state index in [1.165, 1.54) is 0 Å². The van der Waals surface area contributed by atoms with Gasteiger partial charge in [-0.3, -0.25) is 14.6 Å². The van der Waals surface area contributed by atoms with Crippen LogP contribution in [0.1, 0.15) is 35.4 Å². The molecule has 1 atom stereocenters. The van der Waals surface area contributed by atoms with Crippen LogP contribution in [0.2, 0.25) is 0 Å². The van der Waals surface area contributed by atoms with Crippen molar-refractivity contribution in [1.29, 1.82) is 0 Å². The van der Waals surface area contributed by atoms with Gasteiger partial charge in [0.1, 0.15) is 10.6 Å². The highest BCUT2D eigenvalue weighted by atomic mass is 32.1. The van der Waals surface area contributed by atoms with Crippen LogP contribution in [0.4, 0.5) is 5.69 Å². The molecule has 136 valence electrons. The number of hydrogen-bond donors (Lipinski definition) is 2. The molecule has 2 aromatic heterocycles. The minimum Gasteiger partial charge on any atom is -0.376 e. The molecule has 2 aliphatic rings. The van der Waals surface area contributed by atoms with Crippen molar-refractivity contribution < 1.29 is 14.3 Å². The Morgan fingerprint density at radius 3 is 2.85 bits per heavy atom. The Hall–Kier alpha value is -2.32. The number of hydrogen-bond acceptors (Lipinski definition) is 6. The SMILES string of the molecule is O=C(NCC1CCCO1)c1snc(-c2ccccn2)c1NC(=O)C1CC1. The molecule has 2 N–H and O–H groups in total. The zero-order valence-electron chi connectivity index (χ0n) is 14.2. The van der Waals surface area contributed by atoms with E-state index in [1.54, 1.807) is 6.20 Å². The predicted molar refractivity (Wildman–Crippen MR) is 98.0 cm³/mol. The summed E-state index contributed by atoms with van der Waals surface area (Å²) in [7, 11) is 0. The lowest BCUT2D eigenvalue weighted by molar-refractivity contribution is -0.117. The maximum Gasteiger partial charge on any atom is 0.265 e. The van der Waals surface area contributed by atoms with Crippen LogP contribution in [0.5, 0.6) is 0 Å². The molecule has 1 aliphatic heterocycles. The lowest BCUT2D eigenvalue weighted by Gasteiger charge is -2.11. The maximum absolute atomic E-state index is 12.7. The predicted octanol–water partition coefficient (Wildman–Crippen LogP) is 2.46. The normalized spacial score (nSPS) is 19.3. The van der Waals surface area contributed by atoms with E-state index in [1.807, 2.05) is 18.2 Å². The van der Waals surface area contributed by atoms with E-state index >= 15 is 0 Å². The highest BCUT2D eigenvalue weighted by Gasteiger charge is 2.32. The number of rotatable bonds is 6. The van der Waals surface area contributed by atoms with Gasteiger partial charge < -0.3 is 15.4 Å². The molecular weight excluding hydrogens is 352 g/mol. The Bertz CT molecular complexity index is 798. The van der Waals surface area contributed by atoms with Gasteiger partial charge in [-0.05, 0) is 49.3 Å². The summed E-state index contributed by atoms with van der Waals surface area (Å²) in [5.41, 5.74) is 1.62. The summed E-state index contributed by atoms with van der Waals surface area (Å²) in [4.78, 5) is 29.7. The van der Waals surface area contributed by atoms with Crippen molar-refractivity contribution in [3.63, 3.8) is 0 Å². The quantitative estimate of drug-likeness (QED) is 0.812. The van der Waals surface area contributed by atoms with Crippen LogP contribution in [0, 0.1) is 5.92 Å². The topological polar surface area (TPSA) is 93.2 Å². The van der Waals surface area contributed by atoms with E-state index in [4.69, 9.17) is 4.74 Å². The number of pyridine rings is 1. The molecule has 1 saturated heterocycles. The van der Waals surface area contributed by atoms with Crippen molar-refractivity contribution in [2.24, 2.45) is 5.92 Å². The summed E-state index contributed by atoms with van der Waals surface area (Å²) < 4.78 is 9.93. The molecular formula is C18H20N4O3S. The van der Waals surface area contributed by atoms with Gasteiger partial charge in [0.15, 0.2) is 0 Å². The number of anilines is 1. The first-order chi connectivity index (χ1) is 12.7. The molecule has 2 amide bonds. The molecule has 2 aromatic rings. The van der Waals surface area contributed by atoms with Crippen LogP contribution in [0.3, 0.4) is 0 Å². The summed E-state index contributed by atoms with van der Waals surface area (Å²) in [6, 6.07) is 5.48. The fraction of sp³-hybridized carbons (Fsp3) is 0.444. The second-order valence-corrected chi connectivity index (χ2v) is 7.33. The summed E-state index contributed by atoms with van der Waals surface area (Å²) in [6.45, 7) is 1.21. The number of carbonyl (C=O) groups excluding carboxylic acids is 2. The van der Waals surface area contributed by atoms with Crippen molar-refractivity contribution in [2.75, 3.05) is 18.5 Å². The standard InChI is InChI=1S/C18H20N4O3S/c23-17(11-6-7-11)21-15-14(13-5-1-2-8-19-13)22-26-16(15)18(24)20-10-12-4-3-9-25-12/h1-2,5,8,11-12H,3-4,6-7,9-10H2,(H,20,24)(H,21,23). The van der Waals surface area contributed by atoms with Gasteiger partial charge in [0.25, 0.3) is 5.91 Å². The van der Waals surface area contributed by atoms with Crippen LogP contribution in [-0.2, 0) is 9.53 Å². The smallest absolute Gasteiger partial charge is 0.265 e. The molecule has 1 unspecified atom stereocenters. The average molecular weight is 372 g/mol. The minimum atomic E-state index is -0.244. The van der Waals surface area contributed by atoms with E-state index in [-0.39, 0.29) is 23.8 Å². The molecule has 1 saturated carbocycles. The Labute approximate surface area is 155 Å². The zero-order chi connectivity index (χ0) is 17.9. The number of nitrogens with zero attached hydrogens (tertiary/aromatic N) is 2. The van der Waals surface area contributed by atoms with Crippen molar-refractivity contribution in [1.82, 2.24) is 14.7 Å².